The third-order valence-corrected chi connectivity index (χ3v) is 3.84. The molecular weight excluding hydrogens is 376 g/mol. The Balaban J connectivity index is 2.34. The van der Waals surface area contributed by atoms with E-state index in [-0.39, 0.29) is 11.3 Å². The molecule has 19 heavy (non-hydrogen) atoms. The van der Waals surface area contributed by atoms with Crippen LogP contribution in [-0.2, 0) is 0 Å². The van der Waals surface area contributed by atoms with Crippen molar-refractivity contribution in [2.24, 2.45) is 0 Å². The molecule has 0 aliphatic heterocycles. The highest BCUT2D eigenvalue weighted by Gasteiger charge is 2.09. The van der Waals surface area contributed by atoms with Gasteiger partial charge < -0.3 is 16.2 Å². The van der Waals surface area contributed by atoms with Crippen LogP contribution in [0.2, 0.25) is 0 Å². The number of para-hydroxylation sites is 1. The van der Waals surface area contributed by atoms with Gasteiger partial charge in [0.1, 0.15) is 0 Å². The third-order valence-electron chi connectivity index (χ3n) is 2.51. The van der Waals surface area contributed by atoms with E-state index in [0.717, 1.165) is 20.3 Å². The molecule has 0 spiro atoms. The highest BCUT2D eigenvalue weighted by Crippen LogP contribution is 2.33. The number of rotatable bonds is 3. The van der Waals surface area contributed by atoms with Crippen LogP contribution in [0.4, 0.5) is 17.1 Å². The van der Waals surface area contributed by atoms with Crippen molar-refractivity contribution in [2.75, 3.05) is 11.1 Å². The van der Waals surface area contributed by atoms with Gasteiger partial charge in [0.15, 0.2) is 0 Å². The maximum Gasteiger partial charge on any atom is 0.337 e. The molecule has 0 heterocycles. The van der Waals surface area contributed by atoms with E-state index in [2.05, 4.69) is 37.2 Å². The number of hydrogen-bond donors (Lipinski definition) is 3. The summed E-state index contributed by atoms with van der Waals surface area (Å²) in [6, 6.07) is 10.5. The summed E-state index contributed by atoms with van der Waals surface area (Å²) < 4.78 is 1.78. The van der Waals surface area contributed by atoms with Crippen molar-refractivity contribution in [1.82, 2.24) is 0 Å². The highest BCUT2D eigenvalue weighted by molar-refractivity contribution is 9.11. The van der Waals surface area contributed by atoms with Gasteiger partial charge in [0.05, 0.1) is 11.3 Å². The molecule has 0 saturated carbocycles. The first-order chi connectivity index (χ1) is 8.99. The third kappa shape index (κ3) is 3.08. The van der Waals surface area contributed by atoms with Crippen molar-refractivity contribution in [3.05, 3.63) is 50.9 Å². The first-order valence-electron chi connectivity index (χ1n) is 5.33. The summed E-state index contributed by atoms with van der Waals surface area (Å²) in [6.45, 7) is 0. The molecule has 0 saturated heterocycles. The van der Waals surface area contributed by atoms with Gasteiger partial charge in [-0.2, -0.15) is 0 Å². The van der Waals surface area contributed by atoms with Crippen LogP contribution in [-0.4, -0.2) is 11.1 Å². The molecule has 0 radical (unpaired) electrons. The van der Waals surface area contributed by atoms with Crippen molar-refractivity contribution in [3.63, 3.8) is 0 Å². The number of carboxylic acid groups (broad SMARTS) is 1. The number of nitrogens with one attached hydrogen (secondary N) is 1. The number of aromatic carboxylic acids is 1. The van der Waals surface area contributed by atoms with Crippen LogP contribution in [0.15, 0.2) is 45.3 Å². The molecule has 0 amide bonds. The van der Waals surface area contributed by atoms with Crippen LogP contribution in [0.5, 0.6) is 0 Å². The first-order valence-corrected chi connectivity index (χ1v) is 6.91. The smallest absolute Gasteiger partial charge is 0.337 e. The second-order valence-corrected chi connectivity index (χ2v) is 5.54. The summed E-state index contributed by atoms with van der Waals surface area (Å²) in [6.07, 6.45) is 0. The minimum absolute atomic E-state index is 0.0942. The summed E-state index contributed by atoms with van der Waals surface area (Å²) in [7, 11) is 0. The van der Waals surface area contributed by atoms with Crippen molar-refractivity contribution in [1.29, 1.82) is 0 Å². The zero-order valence-electron chi connectivity index (χ0n) is 9.65. The lowest BCUT2D eigenvalue weighted by Crippen LogP contribution is -2.03. The van der Waals surface area contributed by atoms with Crippen LogP contribution < -0.4 is 11.1 Å². The lowest BCUT2D eigenvalue weighted by Gasteiger charge is -2.12. The number of nitrogen functional groups attached to an aromatic ring is 1. The molecule has 2 aromatic rings. The van der Waals surface area contributed by atoms with E-state index in [1.54, 1.807) is 12.1 Å². The predicted molar refractivity (Wildman–Crippen MR) is 82.9 cm³/mol. The molecule has 2 rings (SSSR count). The second kappa shape index (κ2) is 5.63. The van der Waals surface area contributed by atoms with Crippen molar-refractivity contribution < 1.29 is 9.90 Å². The summed E-state index contributed by atoms with van der Waals surface area (Å²) in [5, 5.41) is 12.1. The van der Waals surface area contributed by atoms with Crippen molar-refractivity contribution >= 4 is 54.9 Å². The average Bonchev–Trinajstić information content (AvgIpc) is 2.33. The monoisotopic (exact) mass is 384 g/mol. The van der Waals surface area contributed by atoms with Crippen LogP contribution in [0.3, 0.4) is 0 Å². The van der Waals surface area contributed by atoms with E-state index >= 15 is 0 Å². The number of anilines is 3. The lowest BCUT2D eigenvalue weighted by molar-refractivity contribution is 0.0698. The Hall–Kier alpha value is -1.53. The molecule has 0 aromatic heterocycles. The van der Waals surface area contributed by atoms with Gasteiger partial charge in [0.25, 0.3) is 0 Å². The Morgan fingerprint density at radius 1 is 1.16 bits per heavy atom. The molecule has 2 aromatic carbocycles. The van der Waals surface area contributed by atoms with E-state index in [1.807, 2.05) is 18.2 Å². The quantitative estimate of drug-likeness (QED) is 0.691. The normalized spacial score (nSPS) is 10.2. The molecule has 0 fully saturated rings. The van der Waals surface area contributed by atoms with E-state index in [0.29, 0.717) is 0 Å². The number of benzene rings is 2. The summed E-state index contributed by atoms with van der Waals surface area (Å²) in [4.78, 5) is 10.9. The zero-order valence-corrected chi connectivity index (χ0v) is 12.8. The van der Waals surface area contributed by atoms with Gasteiger partial charge in [-0.3, -0.25) is 0 Å². The Morgan fingerprint density at radius 3 is 2.32 bits per heavy atom. The van der Waals surface area contributed by atoms with Gasteiger partial charge in [-0.05, 0) is 62.2 Å². The maximum atomic E-state index is 10.9. The van der Waals surface area contributed by atoms with Gasteiger partial charge in [-0.1, -0.05) is 6.07 Å². The molecule has 0 aliphatic carbocycles. The molecule has 0 aliphatic rings. The number of hydrogen-bond acceptors (Lipinski definition) is 3. The zero-order chi connectivity index (χ0) is 14.0. The second-order valence-electron chi connectivity index (χ2n) is 3.83. The SMILES string of the molecule is Nc1cc(Nc2c(Br)cccc2Br)ccc1C(=O)O. The highest BCUT2D eigenvalue weighted by atomic mass is 79.9. The molecule has 4 nitrogen and oxygen atoms in total. The van der Waals surface area contributed by atoms with E-state index in [1.165, 1.54) is 6.07 Å². The van der Waals surface area contributed by atoms with Gasteiger partial charge in [-0.15, -0.1) is 0 Å². The first kappa shape index (κ1) is 13.9. The van der Waals surface area contributed by atoms with Gasteiger partial charge in [0.2, 0.25) is 0 Å². The minimum Gasteiger partial charge on any atom is -0.478 e. The van der Waals surface area contributed by atoms with E-state index in [4.69, 9.17) is 10.8 Å². The topological polar surface area (TPSA) is 75.3 Å². The molecule has 0 bridgehead atoms. The summed E-state index contributed by atoms with van der Waals surface area (Å²) in [5.74, 6) is -1.04. The Bertz CT molecular complexity index is 624. The molecule has 0 unspecified atom stereocenters. The van der Waals surface area contributed by atoms with Gasteiger partial charge in [0, 0.05) is 20.3 Å². The van der Waals surface area contributed by atoms with Gasteiger partial charge in [-0.25, -0.2) is 4.79 Å². The molecule has 0 atom stereocenters. The lowest BCUT2D eigenvalue weighted by atomic mass is 10.1. The molecule has 6 heteroatoms. The van der Waals surface area contributed by atoms with Crippen LogP contribution in [0.1, 0.15) is 10.4 Å². The van der Waals surface area contributed by atoms with Crippen LogP contribution in [0, 0.1) is 0 Å². The minimum atomic E-state index is -1.04. The Kier molecular flexibility index (Phi) is 4.11. The molecule has 98 valence electrons. The summed E-state index contributed by atoms with van der Waals surface area (Å²) >= 11 is 6.89. The van der Waals surface area contributed by atoms with Crippen LogP contribution >= 0.6 is 31.9 Å². The largest absolute Gasteiger partial charge is 0.478 e. The fourth-order valence-electron chi connectivity index (χ4n) is 1.60. The average molecular weight is 386 g/mol. The fourth-order valence-corrected chi connectivity index (χ4v) is 2.79. The van der Waals surface area contributed by atoms with E-state index < -0.39 is 5.97 Å². The maximum absolute atomic E-state index is 10.9. The van der Waals surface area contributed by atoms with Crippen LogP contribution in [0.25, 0.3) is 0 Å². The number of nitrogens with two attached hydrogens (primary N) is 1. The number of carboxylic acids is 1. The predicted octanol–water partition coefficient (Wildman–Crippen LogP) is 4.24. The fraction of sp³-hybridized carbons (Fsp3) is 0. The molecular formula is C13H10Br2N2O2. The van der Waals surface area contributed by atoms with Gasteiger partial charge >= 0.3 is 5.97 Å². The number of carbonyl (C=O) groups is 1. The van der Waals surface area contributed by atoms with Crippen molar-refractivity contribution in [3.8, 4) is 0 Å². The van der Waals surface area contributed by atoms with Crippen molar-refractivity contribution in [2.45, 2.75) is 0 Å². The summed E-state index contributed by atoms with van der Waals surface area (Å²) in [5.41, 5.74) is 7.59. The Morgan fingerprint density at radius 2 is 1.79 bits per heavy atom. The Labute approximate surface area is 126 Å². The number of halogens is 2. The standard InChI is InChI=1S/C13H10Br2N2O2/c14-9-2-1-3-10(15)12(9)17-7-4-5-8(13(18)19)11(16)6-7/h1-6,17H,16H2,(H,18,19). The van der Waals surface area contributed by atoms with E-state index in [9.17, 15) is 4.79 Å². The molecule has 4 N–H and O–H groups in total.